The minimum atomic E-state index is -0.106. The van der Waals surface area contributed by atoms with Crippen molar-refractivity contribution in [1.29, 1.82) is 0 Å². The summed E-state index contributed by atoms with van der Waals surface area (Å²) >= 11 is 0. The van der Waals surface area contributed by atoms with Gasteiger partial charge in [-0.1, -0.05) is 57.2 Å². The minimum absolute atomic E-state index is 0.0751. The van der Waals surface area contributed by atoms with Crippen LogP contribution in [0, 0.1) is 11.8 Å². The van der Waals surface area contributed by atoms with Gasteiger partial charge in [0.2, 0.25) is 0 Å². The first-order chi connectivity index (χ1) is 11.4. The molecule has 0 aliphatic carbocycles. The molecular weight excluding hydrogens is 300 g/mol. The fourth-order valence-electron chi connectivity index (χ4n) is 2.52. The van der Waals surface area contributed by atoms with Crippen LogP contribution in [-0.4, -0.2) is 10.2 Å². The molecule has 1 atom stereocenters. The first kappa shape index (κ1) is 18.5. The molecule has 0 aliphatic rings. The van der Waals surface area contributed by atoms with Gasteiger partial charge in [0.25, 0.3) is 0 Å². The Morgan fingerprint density at radius 1 is 0.958 bits per heavy atom. The predicted octanol–water partition coefficient (Wildman–Crippen LogP) is 4.43. The summed E-state index contributed by atoms with van der Waals surface area (Å²) in [5.74, 6) is 0.668. The molecule has 2 N–H and O–H groups in total. The van der Waals surface area contributed by atoms with Crippen LogP contribution in [0.4, 0.5) is 0 Å². The molecule has 0 saturated heterocycles. The molecule has 0 spiro atoms. The van der Waals surface area contributed by atoms with E-state index in [0.717, 1.165) is 23.1 Å². The van der Waals surface area contributed by atoms with E-state index in [9.17, 15) is 10.2 Å². The van der Waals surface area contributed by atoms with Gasteiger partial charge in [-0.25, -0.2) is 0 Å². The average Bonchev–Trinajstić information content (AvgIpc) is 2.58. The Kier molecular flexibility index (Phi) is 6.41. The second-order valence-electron chi connectivity index (χ2n) is 7.12. The van der Waals surface area contributed by atoms with Gasteiger partial charge in [-0.05, 0) is 47.1 Å². The molecule has 1 unspecified atom stereocenters. The van der Waals surface area contributed by atoms with Crippen LogP contribution in [-0.2, 0) is 13.2 Å². The molecular formula is C21H27O3. The summed E-state index contributed by atoms with van der Waals surface area (Å²) in [7, 11) is 0. The SMILES string of the molecule is CC(C)(C)[CH]CC(Oc1cc(CO)cc(CO)c1)c1ccccc1. The molecule has 0 bridgehead atoms. The lowest BCUT2D eigenvalue weighted by Gasteiger charge is -2.24. The van der Waals surface area contributed by atoms with Crippen molar-refractivity contribution in [2.45, 2.75) is 46.5 Å². The van der Waals surface area contributed by atoms with E-state index in [1.807, 2.05) is 30.3 Å². The zero-order valence-corrected chi connectivity index (χ0v) is 14.7. The number of rotatable bonds is 7. The first-order valence-corrected chi connectivity index (χ1v) is 8.32. The van der Waals surface area contributed by atoms with Gasteiger partial charge in [-0.3, -0.25) is 0 Å². The van der Waals surface area contributed by atoms with E-state index < -0.39 is 0 Å². The monoisotopic (exact) mass is 327 g/mol. The highest BCUT2D eigenvalue weighted by atomic mass is 16.5. The highest BCUT2D eigenvalue weighted by Crippen LogP contribution is 2.31. The fourth-order valence-corrected chi connectivity index (χ4v) is 2.52. The molecule has 2 aromatic rings. The van der Waals surface area contributed by atoms with Crippen LogP contribution < -0.4 is 4.74 Å². The van der Waals surface area contributed by atoms with E-state index in [1.165, 1.54) is 0 Å². The Morgan fingerprint density at radius 3 is 2.04 bits per heavy atom. The van der Waals surface area contributed by atoms with Crippen molar-refractivity contribution in [1.82, 2.24) is 0 Å². The van der Waals surface area contributed by atoms with Crippen LogP contribution in [0.25, 0.3) is 0 Å². The summed E-state index contributed by atoms with van der Waals surface area (Å²) in [6.45, 7) is 6.37. The summed E-state index contributed by atoms with van der Waals surface area (Å²) in [4.78, 5) is 0. The van der Waals surface area contributed by atoms with E-state index >= 15 is 0 Å². The van der Waals surface area contributed by atoms with E-state index in [2.05, 4.69) is 39.3 Å². The molecule has 3 nitrogen and oxygen atoms in total. The normalized spacial score (nSPS) is 12.9. The fraction of sp³-hybridized carbons (Fsp3) is 0.381. The molecule has 3 heteroatoms. The van der Waals surface area contributed by atoms with Gasteiger partial charge in [0.15, 0.2) is 0 Å². The van der Waals surface area contributed by atoms with E-state index in [1.54, 1.807) is 6.07 Å². The Morgan fingerprint density at radius 2 is 1.54 bits per heavy atom. The van der Waals surface area contributed by atoms with Crippen molar-refractivity contribution in [3.05, 3.63) is 71.6 Å². The lowest BCUT2D eigenvalue weighted by atomic mass is 9.88. The lowest BCUT2D eigenvalue weighted by molar-refractivity contribution is 0.194. The number of hydrogen-bond donors (Lipinski definition) is 2. The summed E-state index contributed by atoms with van der Waals surface area (Å²) in [5.41, 5.74) is 2.70. The number of hydrogen-bond acceptors (Lipinski definition) is 3. The molecule has 1 radical (unpaired) electrons. The Hall–Kier alpha value is -1.84. The number of aliphatic hydroxyl groups is 2. The third kappa shape index (κ3) is 5.66. The van der Waals surface area contributed by atoms with E-state index in [0.29, 0.717) is 5.75 Å². The van der Waals surface area contributed by atoms with Gasteiger partial charge in [-0.2, -0.15) is 0 Å². The molecule has 0 heterocycles. The Balaban J connectivity index is 2.24. The van der Waals surface area contributed by atoms with Crippen molar-refractivity contribution in [3.63, 3.8) is 0 Å². The van der Waals surface area contributed by atoms with Crippen LogP contribution in [0.3, 0.4) is 0 Å². The molecule has 2 rings (SSSR count). The zero-order valence-electron chi connectivity index (χ0n) is 14.7. The molecule has 2 aromatic carbocycles. The van der Waals surface area contributed by atoms with Crippen molar-refractivity contribution in [2.24, 2.45) is 5.41 Å². The van der Waals surface area contributed by atoms with Crippen LogP contribution in [0.15, 0.2) is 48.5 Å². The molecule has 0 fully saturated rings. The second-order valence-corrected chi connectivity index (χ2v) is 7.12. The highest BCUT2D eigenvalue weighted by Gasteiger charge is 2.19. The van der Waals surface area contributed by atoms with Crippen LogP contribution in [0.1, 0.15) is 50.0 Å². The van der Waals surface area contributed by atoms with E-state index in [4.69, 9.17) is 4.74 Å². The van der Waals surface area contributed by atoms with Crippen LogP contribution >= 0.6 is 0 Å². The second kappa shape index (κ2) is 8.32. The molecule has 24 heavy (non-hydrogen) atoms. The maximum absolute atomic E-state index is 9.40. The summed E-state index contributed by atoms with van der Waals surface area (Å²) in [5, 5.41) is 18.8. The van der Waals surface area contributed by atoms with Gasteiger partial charge in [0.1, 0.15) is 11.9 Å². The number of benzene rings is 2. The lowest BCUT2D eigenvalue weighted by Crippen LogP contribution is -2.14. The summed E-state index contributed by atoms with van der Waals surface area (Å²) in [6.07, 6.45) is 2.93. The molecule has 0 aromatic heterocycles. The standard InChI is InChI=1S/C21H27O3/c1-21(2,3)10-9-20(18-7-5-4-6-8-18)24-19-12-16(14-22)11-17(13-19)15-23/h4-8,10-13,20,22-23H,9,14-15H2,1-3H3. The molecule has 0 aliphatic heterocycles. The van der Waals surface area contributed by atoms with Crippen molar-refractivity contribution < 1.29 is 14.9 Å². The molecule has 129 valence electrons. The van der Waals surface area contributed by atoms with Crippen molar-refractivity contribution >= 4 is 0 Å². The maximum Gasteiger partial charge on any atom is 0.124 e. The first-order valence-electron chi connectivity index (χ1n) is 8.32. The third-order valence-corrected chi connectivity index (χ3v) is 3.79. The summed E-state index contributed by atoms with van der Waals surface area (Å²) < 4.78 is 6.23. The Labute approximate surface area is 144 Å². The van der Waals surface area contributed by atoms with Gasteiger partial charge in [0.05, 0.1) is 13.2 Å². The smallest absolute Gasteiger partial charge is 0.124 e. The predicted molar refractivity (Wildman–Crippen MR) is 96.5 cm³/mol. The van der Waals surface area contributed by atoms with Crippen LogP contribution in [0.2, 0.25) is 0 Å². The quantitative estimate of drug-likeness (QED) is 0.791. The topological polar surface area (TPSA) is 49.7 Å². The highest BCUT2D eigenvalue weighted by molar-refractivity contribution is 5.35. The molecule has 0 saturated carbocycles. The summed E-state index contributed by atoms with van der Waals surface area (Å²) in [6, 6.07) is 15.6. The number of ether oxygens (including phenoxy) is 1. The van der Waals surface area contributed by atoms with Gasteiger partial charge in [-0.15, -0.1) is 0 Å². The largest absolute Gasteiger partial charge is 0.486 e. The average molecular weight is 327 g/mol. The minimum Gasteiger partial charge on any atom is -0.486 e. The Bertz CT molecular complexity index is 607. The van der Waals surface area contributed by atoms with Crippen molar-refractivity contribution in [3.8, 4) is 5.75 Å². The van der Waals surface area contributed by atoms with Gasteiger partial charge < -0.3 is 14.9 Å². The zero-order chi connectivity index (χ0) is 17.6. The third-order valence-electron chi connectivity index (χ3n) is 3.79. The van der Waals surface area contributed by atoms with Gasteiger partial charge >= 0.3 is 0 Å². The van der Waals surface area contributed by atoms with Gasteiger partial charge in [0, 0.05) is 0 Å². The maximum atomic E-state index is 9.40. The van der Waals surface area contributed by atoms with Crippen LogP contribution in [0.5, 0.6) is 5.75 Å². The van der Waals surface area contributed by atoms with Crippen molar-refractivity contribution in [2.75, 3.05) is 0 Å². The molecule has 0 amide bonds. The number of aliphatic hydroxyl groups excluding tert-OH is 2. The van der Waals surface area contributed by atoms with E-state index in [-0.39, 0.29) is 24.7 Å².